The van der Waals surface area contributed by atoms with Crippen molar-refractivity contribution in [3.8, 4) is 0 Å². The highest BCUT2D eigenvalue weighted by molar-refractivity contribution is 7.99. The average molecular weight is 236 g/mol. The van der Waals surface area contributed by atoms with E-state index in [1.54, 1.807) is 18.0 Å². The molecule has 1 amide bonds. The highest BCUT2D eigenvalue weighted by Gasteiger charge is 2.19. The monoisotopic (exact) mass is 236 g/mol. The van der Waals surface area contributed by atoms with Crippen LogP contribution in [-0.2, 0) is 0 Å². The molecule has 1 aliphatic rings. The Bertz CT molecular complexity index is 358. The van der Waals surface area contributed by atoms with E-state index in [9.17, 15) is 4.79 Å². The Labute approximate surface area is 100 Å². The minimum absolute atomic E-state index is 0.123. The molecule has 1 fully saturated rings. The van der Waals surface area contributed by atoms with Crippen LogP contribution >= 0.6 is 11.8 Å². The molecule has 0 aliphatic carbocycles. The van der Waals surface area contributed by atoms with E-state index < -0.39 is 0 Å². The van der Waals surface area contributed by atoms with E-state index in [1.165, 1.54) is 0 Å². The zero-order valence-electron chi connectivity index (χ0n) is 9.48. The zero-order chi connectivity index (χ0) is 11.4. The van der Waals surface area contributed by atoms with Gasteiger partial charge in [-0.1, -0.05) is 6.92 Å². The number of hydrogen-bond acceptors (Lipinski definition) is 3. The molecular formula is C12H16N2OS. The number of pyridine rings is 1. The van der Waals surface area contributed by atoms with Crippen molar-refractivity contribution in [3.05, 3.63) is 23.9 Å². The number of carbonyl (C=O) groups is 1. The van der Waals surface area contributed by atoms with E-state index in [4.69, 9.17) is 0 Å². The smallest absolute Gasteiger partial charge is 0.255 e. The first-order valence-corrected chi connectivity index (χ1v) is 6.68. The Kier molecular flexibility index (Phi) is 3.83. The van der Waals surface area contributed by atoms with Crippen LogP contribution in [0.3, 0.4) is 0 Å². The third-order valence-electron chi connectivity index (χ3n) is 2.67. The van der Waals surface area contributed by atoms with Crippen LogP contribution in [0.5, 0.6) is 0 Å². The predicted molar refractivity (Wildman–Crippen MR) is 65.8 cm³/mol. The molecule has 16 heavy (non-hydrogen) atoms. The van der Waals surface area contributed by atoms with Gasteiger partial charge in [-0.15, -0.1) is 11.8 Å². The number of rotatable bonds is 3. The van der Waals surface area contributed by atoms with Crippen molar-refractivity contribution in [1.29, 1.82) is 0 Å². The Morgan fingerprint density at radius 1 is 1.44 bits per heavy atom. The molecule has 0 unspecified atom stereocenters. The van der Waals surface area contributed by atoms with Crippen molar-refractivity contribution in [3.63, 3.8) is 0 Å². The Morgan fingerprint density at radius 3 is 2.75 bits per heavy atom. The standard InChI is InChI=1S/C12H16N2OS/c1-2-16-11-6-5-10(9-13-11)12(15)14-7-3-4-8-14/h5-6,9H,2-4,7-8H2,1H3. The lowest BCUT2D eigenvalue weighted by Crippen LogP contribution is -2.27. The minimum Gasteiger partial charge on any atom is -0.339 e. The second-order valence-corrected chi connectivity index (χ2v) is 5.10. The number of nitrogens with zero attached hydrogens (tertiary/aromatic N) is 2. The summed E-state index contributed by atoms with van der Waals surface area (Å²) >= 11 is 1.69. The van der Waals surface area contributed by atoms with Crippen molar-refractivity contribution in [1.82, 2.24) is 9.88 Å². The topological polar surface area (TPSA) is 33.2 Å². The molecule has 1 aromatic rings. The van der Waals surface area contributed by atoms with E-state index in [2.05, 4.69) is 11.9 Å². The summed E-state index contributed by atoms with van der Waals surface area (Å²) in [5, 5.41) is 0.987. The summed E-state index contributed by atoms with van der Waals surface area (Å²) in [5.74, 6) is 1.13. The molecule has 0 bridgehead atoms. The molecule has 4 heteroatoms. The van der Waals surface area contributed by atoms with Gasteiger partial charge in [-0.05, 0) is 30.7 Å². The van der Waals surface area contributed by atoms with Crippen LogP contribution in [0, 0.1) is 0 Å². The normalized spacial score (nSPS) is 15.4. The Hall–Kier alpha value is -1.03. The molecule has 0 N–H and O–H groups in total. The SMILES string of the molecule is CCSc1ccc(C(=O)N2CCCC2)cn1. The minimum atomic E-state index is 0.123. The van der Waals surface area contributed by atoms with Crippen molar-refractivity contribution in [2.45, 2.75) is 24.8 Å². The van der Waals surface area contributed by atoms with Gasteiger partial charge in [-0.2, -0.15) is 0 Å². The number of aromatic nitrogens is 1. The van der Waals surface area contributed by atoms with Crippen LogP contribution in [-0.4, -0.2) is 34.6 Å². The fourth-order valence-electron chi connectivity index (χ4n) is 1.84. The maximum atomic E-state index is 12.0. The number of carbonyl (C=O) groups excluding carboxylic acids is 1. The molecule has 0 aromatic carbocycles. The predicted octanol–water partition coefficient (Wildman–Crippen LogP) is 2.43. The van der Waals surface area contributed by atoms with Gasteiger partial charge < -0.3 is 4.90 Å². The van der Waals surface area contributed by atoms with Gasteiger partial charge in [-0.25, -0.2) is 4.98 Å². The van der Waals surface area contributed by atoms with Crippen LogP contribution < -0.4 is 0 Å². The highest BCUT2D eigenvalue weighted by Crippen LogP contribution is 2.16. The van der Waals surface area contributed by atoms with Crippen molar-refractivity contribution < 1.29 is 4.79 Å². The first-order valence-electron chi connectivity index (χ1n) is 5.69. The van der Waals surface area contributed by atoms with Crippen molar-refractivity contribution in [2.75, 3.05) is 18.8 Å². The summed E-state index contributed by atoms with van der Waals surface area (Å²) in [6, 6.07) is 3.81. The van der Waals surface area contributed by atoms with Gasteiger partial charge in [0.15, 0.2) is 0 Å². The summed E-state index contributed by atoms with van der Waals surface area (Å²) < 4.78 is 0. The average Bonchev–Trinajstić information content (AvgIpc) is 2.83. The number of thioether (sulfide) groups is 1. The molecule has 0 spiro atoms. The number of hydrogen-bond donors (Lipinski definition) is 0. The Balaban J connectivity index is 2.05. The van der Waals surface area contributed by atoms with Crippen molar-refractivity contribution in [2.24, 2.45) is 0 Å². The van der Waals surface area contributed by atoms with Crippen LogP contribution in [0.1, 0.15) is 30.1 Å². The van der Waals surface area contributed by atoms with E-state index in [0.717, 1.165) is 36.7 Å². The van der Waals surface area contributed by atoms with E-state index in [-0.39, 0.29) is 5.91 Å². The first kappa shape index (κ1) is 11.5. The van der Waals surface area contributed by atoms with Crippen LogP contribution in [0.25, 0.3) is 0 Å². The number of amides is 1. The molecule has 1 aromatic heterocycles. The molecule has 1 aliphatic heterocycles. The van der Waals surface area contributed by atoms with Gasteiger partial charge in [-0.3, -0.25) is 4.79 Å². The largest absolute Gasteiger partial charge is 0.339 e. The highest BCUT2D eigenvalue weighted by atomic mass is 32.2. The quantitative estimate of drug-likeness (QED) is 0.756. The van der Waals surface area contributed by atoms with Gasteiger partial charge in [0.25, 0.3) is 5.91 Å². The van der Waals surface area contributed by atoms with E-state index >= 15 is 0 Å². The van der Waals surface area contributed by atoms with E-state index in [1.807, 2.05) is 17.0 Å². The second kappa shape index (κ2) is 5.34. The van der Waals surface area contributed by atoms with E-state index in [0.29, 0.717) is 5.56 Å². The summed E-state index contributed by atoms with van der Waals surface area (Å²) in [5.41, 5.74) is 0.711. The molecule has 86 valence electrons. The molecule has 0 radical (unpaired) electrons. The third-order valence-corrected chi connectivity index (χ3v) is 3.49. The summed E-state index contributed by atoms with van der Waals surface area (Å²) in [4.78, 5) is 18.2. The molecule has 3 nitrogen and oxygen atoms in total. The molecule has 1 saturated heterocycles. The molecule has 0 saturated carbocycles. The number of likely N-dealkylation sites (tertiary alicyclic amines) is 1. The van der Waals surface area contributed by atoms with Gasteiger partial charge in [0.05, 0.1) is 10.6 Å². The van der Waals surface area contributed by atoms with Gasteiger partial charge in [0.2, 0.25) is 0 Å². The summed E-state index contributed by atoms with van der Waals surface area (Å²) in [6.07, 6.45) is 3.95. The zero-order valence-corrected chi connectivity index (χ0v) is 10.3. The van der Waals surface area contributed by atoms with Gasteiger partial charge in [0, 0.05) is 19.3 Å². The molecule has 2 rings (SSSR count). The fourth-order valence-corrected chi connectivity index (χ4v) is 2.43. The summed E-state index contributed by atoms with van der Waals surface area (Å²) in [6.45, 7) is 3.88. The van der Waals surface area contributed by atoms with Crippen LogP contribution in [0.15, 0.2) is 23.4 Å². The lowest BCUT2D eigenvalue weighted by molar-refractivity contribution is 0.0792. The second-order valence-electron chi connectivity index (χ2n) is 3.82. The Morgan fingerprint density at radius 2 is 2.19 bits per heavy atom. The lowest BCUT2D eigenvalue weighted by atomic mass is 10.2. The third kappa shape index (κ3) is 2.55. The maximum Gasteiger partial charge on any atom is 0.255 e. The molecule has 2 heterocycles. The lowest BCUT2D eigenvalue weighted by Gasteiger charge is -2.14. The van der Waals surface area contributed by atoms with Gasteiger partial charge >= 0.3 is 0 Å². The first-order chi connectivity index (χ1) is 7.81. The molecular weight excluding hydrogens is 220 g/mol. The fraction of sp³-hybridized carbons (Fsp3) is 0.500. The van der Waals surface area contributed by atoms with Crippen molar-refractivity contribution >= 4 is 17.7 Å². The van der Waals surface area contributed by atoms with Crippen LogP contribution in [0.4, 0.5) is 0 Å². The van der Waals surface area contributed by atoms with Gasteiger partial charge in [0.1, 0.15) is 0 Å². The molecule has 0 atom stereocenters. The maximum absolute atomic E-state index is 12.0. The summed E-state index contributed by atoms with van der Waals surface area (Å²) in [7, 11) is 0. The van der Waals surface area contributed by atoms with Crippen LogP contribution in [0.2, 0.25) is 0 Å².